The highest BCUT2D eigenvalue weighted by molar-refractivity contribution is 6.73. The number of hydrogen-bond acceptors (Lipinski definition) is 4. The zero-order chi connectivity index (χ0) is 13.7. The molecule has 0 atom stereocenters. The van der Waals surface area contributed by atoms with Gasteiger partial charge < -0.3 is 9.26 Å². The number of hydrogen-bond donors (Lipinski definition) is 0. The number of carbonyl (C=O) groups excluding carboxylic acids is 1. The Morgan fingerprint density at radius 1 is 1.41 bits per heavy atom. The van der Waals surface area contributed by atoms with E-state index in [2.05, 4.69) is 25.5 Å². The van der Waals surface area contributed by atoms with E-state index in [1.54, 1.807) is 0 Å². The second kappa shape index (κ2) is 6.04. The summed E-state index contributed by atoms with van der Waals surface area (Å²) in [5, 5.41) is 11.5. The summed E-state index contributed by atoms with van der Waals surface area (Å²) < 4.78 is 9.90. The number of rotatable bonds is 5. The van der Waals surface area contributed by atoms with Crippen LogP contribution in [0.5, 0.6) is 0 Å². The van der Waals surface area contributed by atoms with E-state index >= 15 is 0 Å². The van der Waals surface area contributed by atoms with Crippen molar-refractivity contribution in [1.29, 1.82) is 0 Å². The van der Waals surface area contributed by atoms with Crippen LogP contribution in [0.1, 0.15) is 33.6 Å². The molecule has 0 aliphatic heterocycles. The minimum absolute atomic E-state index is 0.0220. The first kappa shape index (κ1) is 16.0. The average molecular weight is 261 g/mol. The fraction of sp³-hybridized carbons (Fsp3) is 0.818. The van der Waals surface area contributed by atoms with Gasteiger partial charge in [0.15, 0.2) is 8.32 Å². The van der Waals surface area contributed by atoms with Crippen LogP contribution in [0.4, 0.5) is 0 Å². The number of carbonyl (C=O) groups is 1. The molecule has 0 bridgehead atoms. The first-order valence-electron chi connectivity index (χ1n) is 5.66. The Morgan fingerprint density at radius 2 is 1.94 bits per heavy atom. The highest BCUT2D eigenvalue weighted by Crippen LogP contribution is 2.36. The zero-order valence-electron chi connectivity index (χ0n) is 11.6. The van der Waals surface area contributed by atoms with Gasteiger partial charge in [-0.1, -0.05) is 33.9 Å². The molecule has 0 spiro atoms. The summed E-state index contributed by atoms with van der Waals surface area (Å²) >= 11 is 0. The van der Waals surface area contributed by atoms with Crippen molar-refractivity contribution >= 4 is 20.5 Å². The summed E-state index contributed by atoms with van der Waals surface area (Å²) in [6.07, 6.45) is 1.85. The van der Waals surface area contributed by atoms with Crippen LogP contribution in [-0.4, -0.2) is 32.5 Å². The van der Waals surface area contributed by atoms with E-state index in [4.69, 9.17) is 4.53 Å². The van der Waals surface area contributed by atoms with E-state index in [9.17, 15) is 10.0 Å². The van der Waals surface area contributed by atoms with Crippen molar-refractivity contribution in [2.24, 2.45) is 0 Å². The average Bonchev–Trinajstić information content (AvgIpc) is 2.14. The van der Waals surface area contributed by atoms with Crippen LogP contribution in [-0.2, 0) is 14.1 Å². The van der Waals surface area contributed by atoms with Crippen LogP contribution in [0, 0.1) is 5.21 Å². The Hall–Kier alpha value is -1.04. The fourth-order valence-corrected chi connectivity index (χ4v) is 1.59. The third-order valence-electron chi connectivity index (χ3n) is 2.98. The molecule has 5 nitrogen and oxygen atoms in total. The minimum Gasteiger partial charge on any atom is -0.469 e. The molecular weight excluding hydrogens is 238 g/mol. The molecule has 0 saturated carbocycles. The summed E-state index contributed by atoms with van der Waals surface area (Å²) in [6, 6.07) is 0. The molecule has 0 saturated heterocycles. The second-order valence-corrected chi connectivity index (χ2v) is 10.1. The molecular formula is C11H23NO4Si. The topological polar surface area (TPSA) is 61.6 Å². The van der Waals surface area contributed by atoms with Gasteiger partial charge in [0, 0.05) is 11.3 Å². The van der Waals surface area contributed by atoms with Gasteiger partial charge in [-0.2, -0.15) is 0 Å². The van der Waals surface area contributed by atoms with Crippen LogP contribution in [0.3, 0.4) is 0 Å². The molecule has 0 heterocycles. The molecule has 0 radical (unpaired) electrons. The largest absolute Gasteiger partial charge is 0.469 e. The summed E-state index contributed by atoms with van der Waals surface area (Å²) in [4.78, 5) is 11.3. The lowest BCUT2D eigenvalue weighted by Gasteiger charge is -2.37. The smallest absolute Gasteiger partial charge is 0.306 e. The molecule has 0 aromatic heterocycles. The molecule has 0 rings (SSSR count). The normalized spacial score (nSPS) is 13.4. The lowest BCUT2D eigenvalue weighted by molar-refractivity contribution is -0.702. The molecule has 0 aromatic carbocycles. The van der Waals surface area contributed by atoms with Crippen molar-refractivity contribution in [3.8, 4) is 0 Å². The van der Waals surface area contributed by atoms with Crippen LogP contribution in [0.25, 0.3) is 0 Å². The molecule has 0 fully saturated rings. The van der Waals surface area contributed by atoms with Crippen molar-refractivity contribution in [1.82, 2.24) is 0 Å². The SMILES string of the molecule is COC(=O)CC/C=[N+](\[O-])O[Si](C)(C)C(C)(C)C. The number of methoxy groups -OCH3 is 1. The van der Waals surface area contributed by atoms with Gasteiger partial charge >= 0.3 is 5.97 Å². The summed E-state index contributed by atoms with van der Waals surface area (Å²) in [7, 11) is -0.765. The molecule has 0 unspecified atom stereocenters. The number of ether oxygens (including phenoxy) is 1. The quantitative estimate of drug-likeness (QED) is 0.251. The second-order valence-electron chi connectivity index (χ2n) is 5.43. The maximum absolute atomic E-state index is 11.5. The standard InChI is InChI=1S/C11H23NO4Si/c1-11(2,3)17(5,6)16-12(14)9-7-8-10(13)15-4/h9H,7-8H2,1-6H3/b12-9+. The minimum atomic E-state index is -2.09. The summed E-state index contributed by atoms with van der Waals surface area (Å²) in [6.45, 7) is 10.2. The Labute approximate surface area is 104 Å². The molecule has 0 aliphatic carbocycles. The van der Waals surface area contributed by atoms with Crippen molar-refractivity contribution < 1.29 is 19.0 Å². The highest BCUT2D eigenvalue weighted by Gasteiger charge is 2.36. The Morgan fingerprint density at radius 3 is 2.35 bits per heavy atom. The fourth-order valence-electron chi connectivity index (χ4n) is 0.789. The first-order chi connectivity index (χ1) is 7.60. The first-order valence-corrected chi connectivity index (χ1v) is 8.56. The van der Waals surface area contributed by atoms with E-state index in [-0.39, 0.29) is 17.4 Å². The number of esters is 1. The van der Waals surface area contributed by atoms with Crippen LogP contribution < -0.4 is 0 Å². The van der Waals surface area contributed by atoms with E-state index in [1.807, 2.05) is 13.1 Å². The lowest BCUT2D eigenvalue weighted by Crippen LogP contribution is -2.43. The van der Waals surface area contributed by atoms with Gasteiger partial charge in [0.25, 0.3) is 0 Å². The number of nitrogens with zero attached hydrogens (tertiary/aromatic N) is 1. The van der Waals surface area contributed by atoms with Crippen LogP contribution >= 0.6 is 0 Å². The van der Waals surface area contributed by atoms with Gasteiger partial charge in [0.1, 0.15) is 0 Å². The zero-order valence-corrected chi connectivity index (χ0v) is 12.6. The summed E-state index contributed by atoms with van der Waals surface area (Å²) in [5.41, 5.74) is 0. The van der Waals surface area contributed by atoms with E-state index in [0.29, 0.717) is 11.3 Å². The molecule has 17 heavy (non-hydrogen) atoms. The van der Waals surface area contributed by atoms with Crippen LogP contribution in [0.2, 0.25) is 18.1 Å². The van der Waals surface area contributed by atoms with E-state index in [1.165, 1.54) is 13.3 Å². The summed E-state index contributed by atoms with van der Waals surface area (Å²) in [5.74, 6) is -0.332. The Kier molecular flexibility index (Phi) is 5.67. The van der Waals surface area contributed by atoms with Gasteiger partial charge in [-0.3, -0.25) is 10.0 Å². The van der Waals surface area contributed by atoms with Gasteiger partial charge in [0.05, 0.1) is 13.5 Å². The predicted molar refractivity (Wildman–Crippen MR) is 69.2 cm³/mol. The van der Waals surface area contributed by atoms with E-state index in [0.717, 1.165) is 0 Å². The maximum Gasteiger partial charge on any atom is 0.306 e. The molecule has 6 heteroatoms. The van der Waals surface area contributed by atoms with Gasteiger partial charge in [-0.15, -0.1) is 0 Å². The maximum atomic E-state index is 11.5. The van der Waals surface area contributed by atoms with Crippen molar-refractivity contribution in [3.63, 3.8) is 0 Å². The molecule has 0 aliphatic rings. The monoisotopic (exact) mass is 261 g/mol. The van der Waals surface area contributed by atoms with Gasteiger partial charge in [0.2, 0.25) is 6.21 Å². The third kappa shape index (κ3) is 5.72. The lowest BCUT2D eigenvalue weighted by atomic mass is 10.2. The van der Waals surface area contributed by atoms with Crippen molar-refractivity contribution in [3.05, 3.63) is 5.21 Å². The molecule has 0 aromatic rings. The Balaban J connectivity index is 4.30. The Bertz CT molecular complexity index is 294. The predicted octanol–water partition coefficient (Wildman–Crippen LogP) is 2.46. The highest BCUT2D eigenvalue weighted by atomic mass is 28.4. The van der Waals surface area contributed by atoms with Crippen molar-refractivity contribution in [2.45, 2.75) is 51.7 Å². The van der Waals surface area contributed by atoms with Crippen molar-refractivity contribution in [2.75, 3.05) is 7.11 Å². The van der Waals surface area contributed by atoms with Gasteiger partial charge in [-0.25, -0.2) is 0 Å². The van der Waals surface area contributed by atoms with Crippen LogP contribution in [0.15, 0.2) is 0 Å². The molecule has 100 valence electrons. The van der Waals surface area contributed by atoms with Gasteiger partial charge in [-0.05, 0) is 5.04 Å². The van der Waals surface area contributed by atoms with E-state index < -0.39 is 8.32 Å². The third-order valence-corrected chi connectivity index (χ3v) is 7.23. The molecule has 0 N–H and O–H groups in total. The molecule has 0 amide bonds.